The number of carbonyl (C=O) groups is 1. The van der Waals surface area contributed by atoms with Crippen LogP contribution in [0.25, 0.3) is 0 Å². The van der Waals surface area contributed by atoms with Gasteiger partial charge in [-0.15, -0.1) is 0 Å². The molecule has 88 valence electrons. The molecule has 0 saturated carbocycles. The van der Waals surface area contributed by atoms with Gasteiger partial charge in [0.1, 0.15) is 6.04 Å². The standard InChI is InChI=1S/C11H21NO3/c1-2-3-4-10(11(14)15)12-7-5-9(13)6-8-12/h9-10,13H,2-8H2,1H3,(H,14,15). The Bertz CT molecular complexity index is 200. The highest BCUT2D eigenvalue weighted by atomic mass is 16.4. The van der Waals surface area contributed by atoms with Crippen molar-refractivity contribution in [2.75, 3.05) is 13.1 Å². The molecule has 0 radical (unpaired) electrons. The topological polar surface area (TPSA) is 60.8 Å². The summed E-state index contributed by atoms with van der Waals surface area (Å²) in [6.45, 7) is 3.49. The molecule has 4 nitrogen and oxygen atoms in total. The maximum absolute atomic E-state index is 11.1. The molecule has 0 aromatic carbocycles. The van der Waals surface area contributed by atoms with Crippen LogP contribution in [0.1, 0.15) is 39.0 Å². The zero-order chi connectivity index (χ0) is 11.3. The van der Waals surface area contributed by atoms with Gasteiger partial charge in [-0.25, -0.2) is 0 Å². The average molecular weight is 215 g/mol. The van der Waals surface area contributed by atoms with Gasteiger partial charge in [0.05, 0.1) is 6.10 Å². The number of rotatable bonds is 5. The molecule has 0 aliphatic carbocycles. The smallest absolute Gasteiger partial charge is 0.320 e. The van der Waals surface area contributed by atoms with Crippen LogP contribution in [0, 0.1) is 0 Å². The first kappa shape index (κ1) is 12.5. The van der Waals surface area contributed by atoms with Gasteiger partial charge in [0, 0.05) is 13.1 Å². The highest BCUT2D eigenvalue weighted by Crippen LogP contribution is 2.16. The van der Waals surface area contributed by atoms with E-state index < -0.39 is 5.97 Å². The van der Waals surface area contributed by atoms with Crippen LogP contribution in [0.3, 0.4) is 0 Å². The quantitative estimate of drug-likeness (QED) is 0.720. The molecule has 0 aromatic heterocycles. The molecule has 0 bridgehead atoms. The van der Waals surface area contributed by atoms with Gasteiger partial charge in [-0.1, -0.05) is 19.8 Å². The molecule has 4 heteroatoms. The van der Waals surface area contributed by atoms with Crippen LogP contribution in [0.2, 0.25) is 0 Å². The number of carboxylic acid groups (broad SMARTS) is 1. The van der Waals surface area contributed by atoms with Crippen LogP contribution in [0.5, 0.6) is 0 Å². The number of likely N-dealkylation sites (tertiary alicyclic amines) is 1. The van der Waals surface area contributed by atoms with Crippen molar-refractivity contribution in [2.45, 2.75) is 51.2 Å². The van der Waals surface area contributed by atoms with Crippen LogP contribution in [-0.2, 0) is 4.79 Å². The van der Waals surface area contributed by atoms with Crippen molar-refractivity contribution >= 4 is 5.97 Å². The Labute approximate surface area is 90.9 Å². The number of carboxylic acids is 1. The van der Waals surface area contributed by atoms with Crippen molar-refractivity contribution in [1.29, 1.82) is 0 Å². The second kappa shape index (κ2) is 6.08. The zero-order valence-electron chi connectivity index (χ0n) is 9.35. The van der Waals surface area contributed by atoms with Crippen LogP contribution in [-0.4, -0.2) is 46.3 Å². The predicted molar refractivity (Wildman–Crippen MR) is 57.8 cm³/mol. The Morgan fingerprint density at radius 3 is 2.53 bits per heavy atom. The summed E-state index contributed by atoms with van der Waals surface area (Å²) in [4.78, 5) is 13.1. The SMILES string of the molecule is CCCCC(C(=O)O)N1CCC(O)CC1. The fourth-order valence-corrected chi connectivity index (χ4v) is 2.06. The monoisotopic (exact) mass is 215 g/mol. The van der Waals surface area contributed by atoms with E-state index in [0.717, 1.165) is 19.3 Å². The van der Waals surface area contributed by atoms with Crippen molar-refractivity contribution in [2.24, 2.45) is 0 Å². The molecule has 1 fully saturated rings. The summed E-state index contributed by atoms with van der Waals surface area (Å²) in [5.41, 5.74) is 0. The summed E-state index contributed by atoms with van der Waals surface area (Å²) in [6, 6.07) is -0.350. The molecular formula is C11H21NO3. The van der Waals surface area contributed by atoms with Crippen LogP contribution in [0.4, 0.5) is 0 Å². The van der Waals surface area contributed by atoms with Crippen LogP contribution < -0.4 is 0 Å². The van der Waals surface area contributed by atoms with Gasteiger partial charge in [-0.05, 0) is 19.3 Å². The van der Waals surface area contributed by atoms with E-state index in [0.29, 0.717) is 25.9 Å². The normalized spacial score (nSPS) is 21.5. The third-order valence-corrected chi connectivity index (χ3v) is 3.06. The van der Waals surface area contributed by atoms with Crippen molar-refractivity contribution in [1.82, 2.24) is 4.90 Å². The minimum Gasteiger partial charge on any atom is -0.480 e. The number of aliphatic hydroxyl groups excluding tert-OH is 1. The summed E-state index contributed by atoms with van der Waals surface area (Å²) in [5.74, 6) is -0.722. The van der Waals surface area contributed by atoms with E-state index in [1.807, 2.05) is 4.90 Å². The Morgan fingerprint density at radius 1 is 1.47 bits per heavy atom. The van der Waals surface area contributed by atoms with Gasteiger partial charge in [0.25, 0.3) is 0 Å². The molecule has 0 amide bonds. The number of hydrogen-bond donors (Lipinski definition) is 2. The van der Waals surface area contributed by atoms with E-state index in [1.54, 1.807) is 0 Å². The Hall–Kier alpha value is -0.610. The Morgan fingerprint density at radius 2 is 2.07 bits per heavy atom. The number of nitrogens with zero attached hydrogens (tertiary/aromatic N) is 1. The Kier molecular flexibility index (Phi) is 5.05. The maximum atomic E-state index is 11.1. The highest BCUT2D eigenvalue weighted by Gasteiger charge is 2.28. The summed E-state index contributed by atoms with van der Waals surface area (Å²) >= 11 is 0. The summed E-state index contributed by atoms with van der Waals surface area (Å²) in [7, 11) is 0. The van der Waals surface area contributed by atoms with Crippen molar-refractivity contribution in [3.8, 4) is 0 Å². The lowest BCUT2D eigenvalue weighted by molar-refractivity contribution is -0.144. The maximum Gasteiger partial charge on any atom is 0.320 e. The van der Waals surface area contributed by atoms with Crippen LogP contribution in [0.15, 0.2) is 0 Å². The molecule has 1 saturated heterocycles. The molecular weight excluding hydrogens is 194 g/mol. The summed E-state index contributed by atoms with van der Waals surface area (Å²) < 4.78 is 0. The molecule has 1 heterocycles. The van der Waals surface area contributed by atoms with Gasteiger partial charge >= 0.3 is 5.97 Å². The number of aliphatic carboxylic acids is 1. The van der Waals surface area contributed by atoms with Gasteiger partial charge in [0.2, 0.25) is 0 Å². The third kappa shape index (κ3) is 3.80. The molecule has 15 heavy (non-hydrogen) atoms. The molecule has 0 aromatic rings. The zero-order valence-corrected chi connectivity index (χ0v) is 9.35. The van der Waals surface area contributed by atoms with Crippen LogP contribution >= 0.6 is 0 Å². The molecule has 1 aliphatic rings. The Balaban J connectivity index is 2.44. The molecule has 1 rings (SSSR count). The van der Waals surface area contributed by atoms with Crippen molar-refractivity contribution in [3.05, 3.63) is 0 Å². The van der Waals surface area contributed by atoms with E-state index in [-0.39, 0.29) is 12.1 Å². The van der Waals surface area contributed by atoms with Crippen molar-refractivity contribution < 1.29 is 15.0 Å². The van der Waals surface area contributed by atoms with Crippen molar-refractivity contribution in [3.63, 3.8) is 0 Å². The minimum atomic E-state index is -0.722. The number of piperidine rings is 1. The fourth-order valence-electron chi connectivity index (χ4n) is 2.06. The molecule has 0 spiro atoms. The molecule has 1 aliphatic heterocycles. The number of aliphatic hydroxyl groups is 1. The lowest BCUT2D eigenvalue weighted by Gasteiger charge is -2.33. The highest BCUT2D eigenvalue weighted by molar-refractivity contribution is 5.73. The lowest BCUT2D eigenvalue weighted by atomic mass is 10.0. The van der Waals surface area contributed by atoms with Gasteiger partial charge in [-0.2, -0.15) is 0 Å². The third-order valence-electron chi connectivity index (χ3n) is 3.06. The molecule has 2 N–H and O–H groups in total. The summed E-state index contributed by atoms with van der Waals surface area (Å²) in [5, 5.41) is 18.5. The second-order valence-electron chi connectivity index (χ2n) is 4.26. The fraction of sp³-hybridized carbons (Fsp3) is 0.909. The minimum absolute atomic E-state index is 0.234. The first-order valence-corrected chi connectivity index (χ1v) is 5.80. The van der Waals surface area contributed by atoms with Gasteiger partial charge in [0.15, 0.2) is 0 Å². The lowest BCUT2D eigenvalue weighted by Crippen LogP contribution is -2.46. The van der Waals surface area contributed by atoms with E-state index in [4.69, 9.17) is 5.11 Å². The molecule has 1 atom stereocenters. The molecule has 1 unspecified atom stereocenters. The van der Waals surface area contributed by atoms with E-state index >= 15 is 0 Å². The van der Waals surface area contributed by atoms with Gasteiger partial charge in [-0.3, -0.25) is 9.69 Å². The number of hydrogen-bond acceptors (Lipinski definition) is 3. The first-order chi connectivity index (χ1) is 7.15. The van der Waals surface area contributed by atoms with Gasteiger partial charge < -0.3 is 10.2 Å². The van der Waals surface area contributed by atoms with E-state index in [1.165, 1.54) is 0 Å². The second-order valence-corrected chi connectivity index (χ2v) is 4.26. The largest absolute Gasteiger partial charge is 0.480 e. The predicted octanol–water partition coefficient (Wildman–Crippen LogP) is 1.09. The van der Waals surface area contributed by atoms with E-state index in [9.17, 15) is 9.90 Å². The first-order valence-electron chi connectivity index (χ1n) is 5.80. The number of unbranched alkanes of at least 4 members (excludes halogenated alkanes) is 1. The van der Waals surface area contributed by atoms with E-state index in [2.05, 4.69) is 6.92 Å². The summed E-state index contributed by atoms with van der Waals surface area (Å²) in [6.07, 6.45) is 3.88. The average Bonchev–Trinajstić information content (AvgIpc) is 2.21.